The number of aryl methyl sites for hydroxylation is 1. The van der Waals surface area contributed by atoms with E-state index in [0.29, 0.717) is 24.7 Å². The second-order valence-electron chi connectivity index (χ2n) is 10.8. The average molecular weight is 555 g/mol. The summed E-state index contributed by atoms with van der Waals surface area (Å²) in [7, 11) is 2.18. The number of likely N-dealkylation sites (N-methyl/N-ethyl adjacent to an activating group) is 1. The fourth-order valence-electron chi connectivity index (χ4n) is 5.34. The van der Waals surface area contributed by atoms with E-state index in [2.05, 4.69) is 51.6 Å². The molecule has 2 amide bonds. The number of amides is 2. The molecular weight excluding hydrogens is 516 g/mol. The monoisotopic (exact) mass is 554 g/mol. The lowest BCUT2D eigenvalue weighted by Gasteiger charge is -2.32. The van der Waals surface area contributed by atoms with Crippen LogP contribution < -0.4 is 15.5 Å². The Morgan fingerprint density at radius 2 is 1.54 bits per heavy atom. The first kappa shape index (κ1) is 27.2. The van der Waals surface area contributed by atoms with Crippen molar-refractivity contribution in [2.24, 2.45) is 0 Å². The van der Waals surface area contributed by atoms with Gasteiger partial charge >= 0.3 is 6.03 Å². The van der Waals surface area contributed by atoms with Gasteiger partial charge in [-0.3, -0.25) is 4.90 Å². The lowest BCUT2D eigenvalue weighted by molar-refractivity contribution is 0.122. The smallest absolute Gasteiger partial charge is 0.323 e. The Hall–Kier alpha value is -3.99. The summed E-state index contributed by atoms with van der Waals surface area (Å²) in [5.41, 5.74) is 5.83. The van der Waals surface area contributed by atoms with Crippen LogP contribution in [0.5, 0.6) is 0 Å². The summed E-state index contributed by atoms with van der Waals surface area (Å²) in [6, 6.07) is 17.5. The van der Waals surface area contributed by atoms with E-state index in [-0.39, 0.29) is 6.03 Å². The Labute approximate surface area is 240 Å². The Kier molecular flexibility index (Phi) is 8.13. The predicted octanol–water partition coefficient (Wildman–Crippen LogP) is 4.19. The molecule has 2 aliphatic heterocycles. The van der Waals surface area contributed by atoms with Crippen molar-refractivity contribution in [3.8, 4) is 11.4 Å². The molecular formula is C31H38N8O2. The molecule has 0 unspecified atom stereocenters. The molecule has 0 radical (unpaired) electrons. The van der Waals surface area contributed by atoms with Crippen molar-refractivity contribution in [1.82, 2.24) is 24.4 Å². The minimum absolute atomic E-state index is 0.283. The summed E-state index contributed by atoms with van der Waals surface area (Å²) in [6.45, 7) is 10.3. The van der Waals surface area contributed by atoms with Gasteiger partial charge in [0, 0.05) is 68.9 Å². The Morgan fingerprint density at radius 3 is 2.20 bits per heavy atom. The number of piperazine rings is 1. The van der Waals surface area contributed by atoms with Crippen molar-refractivity contribution in [2.45, 2.75) is 19.9 Å². The quantitative estimate of drug-likeness (QED) is 0.354. The van der Waals surface area contributed by atoms with E-state index in [1.54, 1.807) is 0 Å². The van der Waals surface area contributed by atoms with E-state index in [0.717, 1.165) is 74.8 Å². The molecule has 4 heterocycles. The second kappa shape index (κ2) is 12.3. The summed E-state index contributed by atoms with van der Waals surface area (Å²) in [6.07, 6.45) is 3.10. The first-order valence-corrected chi connectivity index (χ1v) is 14.4. The summed E-state index contributed by atoms with van der Waals surface area (Å²) in [4.78, 5) is 24.8. The zero-order valence-corrected chi connectivity index (χ0v) is 23.8. The molecule has 6 rings (SSSR count). The molecule has 10 nitrogen and oxygen atoms in total. The molecule has 0 atom stereocenters. The summed E-state index contributed by atoms with van der Waals surface area (Å²) in [5, 5.41) is 10.7. The number of rotatable bonds is 7. The SMILES string of the molecule is CCc1ccc(NC(=O)Nc2ccc(-c3nc(N4CCOCC4)c4cc(CN5CCN(C)CC5)cn4n3)cc2)cc1. The number of anilines is 3. The lowest BCUT2D eigenvalue weighted by Crippen LogP contribution is -2.43. The Morgan fingerprint density at radius 1 is 0.878 bits per heavy atom. The van der Waals surface area contributed by atoms with Crippen molar-refractivity contribution in [3.05, 3.63) is 71.9 Å². The zero-order valence-electron chi connectivity index (χ0n) is 23.8. The number of carbonyl (C=O) groups excluding carboxylic acids is 1. The molecule has 4 aromatic rings. The molecule has 214 valence electrons. The minimum Gasteiger partial charge on any atom is -0.378 e. The Balaban J connectivity index is 1.21. The molecule has 0 spiro atoms. The molecule has 2 aromatic carbocycles. The fraction of sp³-hybridized carbons (Fsp3) is 0.387. The number of hydrogen-bond donors (Lipinski definition) is 2. The third-order valence-electron chi connectivity index (χ3n) is 7.83. The lowest BCUT2D eigenvalue weighted by atomic mass is 10.1. The highest BCUT2D eigenvalue weighted by Crippen LogP contribution is 2.27. The molecule has 2 saturated heterocycles. The molecule has 2 aromatic heterocycles. The third-order valence-corrected chi connectivity index (χ3v) is 7.83. The average Bonchev–Trinajstić information content (AvgIpc) is 3.41. The number of aromatic nitrogens is 3. The number of hydrogen-bond acceptors (Lipinski definition) is 7. The third kappa shape index (κ3) is 6.51. The van der Waals surface area contributed by atoms with Crippen molar-refractivity contribution in [1.29, 1.82) is 0 Å². The van der Waals surface area contributed by atoms with Crippen molar-refractivity contribution in [3.63, 3.8) is 0 Å². The molecule has 0 aliphatic carbocycles. The first-order valence-electron chi connectivity index (χ1n) is 14.4. The molecule has 2 aliphatic rings. The van der Waals surface area contributed by atoms with Gasteiger partial charge in [-0.1, -0.05) is 19.1 Å². The highest BCUT2D eigenvalue weighted by atomic mass is 16.5. The van der Waals surface area contributed by atoms with Gasteiger partial charge < -0.3 is 25.2 Å². The number of fused-ring (bicyclic) bond motifs is 1. The van der Waals surface area contributed by atoms with E-state index >= 15 is 0 Å². The molecule has 0 saturated carbocycles. The van der Waals surface area contributed by atoms with Gasteiger partial charge in [0.15, 0.2) is 11.6 Å². The highest BCUT2D eigenvalue weighted by molar-refractivity contribution is 5.99. The summed E-state index contributed by atoms with van der Waals surface area (Å²) in [5.74, 6) is 1.58. The maximum atomic E-state index is 12.5. The predicted molar refractivity (Wildman–Crippen MR) is 163 cm³/mol. The molecule has 2 fully saturated rings. The van der Waals surface area contributed by atoms with Crippen LogP contribution in [0.4, 0.5) is 22.0 Å². The number of nitrogens with zero attached hydrogens (tertiary/aromatic N) is 6. The second-order valence-corrected chi connectivity index (χ2v) is 10.8. The van der Waals surface area contributed by atoms with Crippen LogP contribution in [0.2, 0.25) is 0 Å². The van der Waals surface area contributed by atoms with Crippen LogP contribution >= 0.6 is 0 Å². The highest BCUT2D eigenvalue weighted by Gasteiger charge is 2.21. The number of carbonyl (C=O) groups is 1. The van der Waals surface area contributed by atoms with Crippen LogP contribution in [0.15, 0.2) is 60.8 Å². The largest absolute Gasteiger partial charge is 0.378 e. The van der Waals surface area contributed by atoms with E-state index in [9.17, 15) is 4.79 Å². The van der Waals surface area contributed by atoms with Gasteiger partial charge in [-0.2, -0.15) is 0 Å². The number of nitrogens with one attached hydrogen (secondary N) is 2. The van der Waals surface area contributed by atoms with Crippen LogP contribution in [0.3, 0.4) is 0 Å². The maximum Gasteiger partial charge on any atom is 0.323 e. The van der Waals surface area contributed by atoms with Gasteiger partial charge in [0.1, 0.15) is 5.52 Å². The van der Waals surface area contributed by atoms with Crippen LogP contribution in [0, 0.1) is 0 Å². The molecule has 0 bridgehead atoms. The first-order chi connectivity index (χ1) is 20.0. The molecule has 41 heavy (non-hydrogen) atoms. The normalized spacial score (nSPS) is 16.7. The maximum absolute atomic E-state index is 12.5. The zero-order chi connectivity index (χ0) is 28.2. The van der Waals surface area contributed by atoms with Crippen LogP contribution in [-0.4, -0.2) is 90.0 Å². The van der Waals surface area contributed by atoms with Crippen LogP contribution in [0.25, 0.3) is 16.9 Å². The number of benzene rings is 2. The topological polar surface area (TPSA) is 90.3 Å². The van der Waals surface area contributed by atoms with Gasteiger partial charge in [0.05, 0.1) is 13.2 Å². The van der Waals surface area contributed by atoms with Gasteiger partial charge in [-0.15, -0.1) is 5.10 Å². The number of ether oxygens (including phenoxy) is 1. The van der Waals surface area contributed by atoms with Crippen molar-refractivity contribution < 1.29 is 9.53 Å². The minimum atomic E-state index is -0.283. The van der Waals surface area contributed by atoms with Gasteiger partial charge in [0.2, 0.25) is 0 Å². The summed E-state index contributed by atoms with van der Waals surface area (Å²) >= 11 is 0. The van der Waals surface area contributed by atoms with Crippen LogP contribution in [0.1, 0.15) is 18.1 Å². The molecule has 10 heteroatoms. The standard InChI is InChI=1S/C31H38N8O2/c1-3-23-4-8-26(9-5-23)32-31(40)33-27-10-6-25(7-11-27)29-34-30(38-16-18-41-19-17-38)28-20-24(22-39(28)35-29)21-37-14-12-36(2)13-15-37/h4-11,20,22H,3,12-19,21H2,1-2H3,(H2,32,33,40). The molecule has 2 N–H and O–H groups in total. The van der Waals surface area contributed by atoms with E-state index in [1.165, 1.54) is 11.1 Å². The van der Waals surface area contributed by atoms with E-state index in [1.807, 2.05) is 53.0 Å². The van der Waals surface area contributed by atoms with E-state index in [4.69, 9.17) is 14.8 Å². The van der Waals surface area contributed by atoms with Gasteiger partial charge in [-0.25, -0.2) is 14.3 Å². The fourth-order valence-corrected chi connectivity index (χ4v) is 5.34. The van der Waals surface area contributed by atoms with Crippen molar-refractivity contribution >= 4 is 28.7 Å². The van der Waals surface area contributed by atoms with Crippen LogP contribution in [-0.2, 0) is 17.7 Å². The van der Waals surface area contributed by atoms with Gasteiger partial charge in [-0.05, 0) is 67.1 Å². The Bertz CT molecular complexity index is 1470. The van der Waals surface area contributed by atoms with Gasteiger partial charge in [0.25, 0.3) is 0 Å². The van der Waals surface area contributed by atoms with Crippen molar-refractivity contribution in [2.75, 3.05) is 75.1 Å². The van der Waals surface area contributed by atoms with E-state index < -0.39 is 0 Å². The number of urea groups is 1. The summed E-state index contributed by atoms with van der Waals surface area (Å²) < 4.78 is 7.59. The number of morpholine rings is 1.